The minimum absolute atomic E-state index is 0.0919. The molecule has 0 amide bonds. The average molecular weight is 292 g/mol. The molecule has 3 nitrogen and oxygen atoms in total. The Kier molecular flexibility index (Phi) is 3.33. The summed E-state index contributed by atoms with van der Waals surface area (Å²) in [7, 11) is 0. The maximum Gasteiger partial charge on any atom is 0.194 e. The number of allylic oxidation sites excluding steroid dienone is 2. The lowest BCUT2D eigenvalue weighted by molar-refractivity contribution is 0.104. The SMILES string of the molecule is C=CCc1cc2c(cc1O)C(=O)c1c-2ccc(O)c1CC=C. The number of carbonyl (C=O) groups is 1. The molecule has 2 aromatic rings. The van der Waals surface area contributed by atoms with Gasteiger partial charge in [-0.25, -0.2) is 0 Å². The van der Waals surface area contributed by atoms with Crippen molar-refractivity contribution in [2.24, 2.45) is 0 Å². The first kappa shape index (κ1) is 14.1. The molecule has 2 N–H and O–H groups in total. The lowest BCUT2D eigenvalue weighted by Crippen LogP contribution is -2.01. The maximum absolute atomic E-state index is 12.7. The number of phenols is 2. The fourth-order valence-electron chi connectivity index (χ4n) is 2.97. The first-order chi connectivity index (χ1) is 10.6. The number of carbonyl (C=O) groups excluding carboxylic acids is 1. The van der Waals surface area contributed by atoms with Gasteiger partial charge in [0.2, 0.25) is 0 Å². The van der Waals surface area contributed by atoms with E-state index in [0.717, 1.165) is 16.7 Å². The van der Waals surface area contributed by atoms with Gasteiger partial charge in [-0.1, -0.05) is 12.2 Å². The second-order valence-corrected chi connectivity index (χ2v) is 5.33. The fraction of sp³-hybridized carbons (Fsp3) is 0.105. The van der Waals surface area contributed by atoms with Gasteiger partial charge in [-0.3, -0.25) is 4.79 Å². The molecule has 2 aromatic carbocycles. The molecule has 110 valence electrons. The number of aromatic hydroxyl groups is 2. The van der Waals surface area contributed by atoms with E-state index in [2.05, 4.69) is 13.2 Å². The smallest absolute Gasteiger partial charge is 0.194 e. The Balaban J connectivity index is 2.28. The molecule has 1 aliphatic rings. The predicted molar refractivity (Wildman–Crippen MR) is 86.4 cm³/mol. The van der Waals surface area contributed by atoms with E-state index >= 15 is 0 Å². The van der Waals surface area contributed by atoms with Crippen molar-refractivity contribution in [1.29, 1.82) is 0 Å². The lowest BCUT2D eigenvalue weighted by atomic mass is 9.97. The summed E-state index contributed by atoms with van der Waals surface area (Å²) in [6, 6.07) is 6.67. The maximum atomic E-state index is 12.7. The molecule has 0 aliphatic heterocycles. The zero-order valence-electron chi connectivity index (χ0n) is 12.1. The molecule has 0 fully saturated rings. The highest BCUT2D eigenvalue weighted by Gasteiger charge is 2.31. The van der Waals surface area contributed by atoms with Crippen LogP contribution in [0.25, 0.3) is 11.1 Å². The number of phenolic OH excluding ortho intramolecular Hbond substituents is 2. The van der Waals surface area contributed by atoms with Crippen molar-refractivity contribution < 1.29 is 15.0 Å². The van der Waals surface area contributed by atoms with Crippen LogP contribution in [-0.2, 0) is 12.8 Å². The number of hydrogen-bond donors (Lipinski definition) is 2. The third kappa shape index (κ3) is 1.94. The van der Waals surface area contributed by atoms with Crippen molar-refractivity contribution in [3.05, 3.63) is 71.8 Å². The van der Waals surface area contributed by atoms with Crippen molar-refractivity contribution in [3.63, 3.8) is 0 Å². The summed E-state index contributed by atoms with van der Waals surface area (Å²) < 4.78 is 0. The third-order valence-corrected chi connectivity index (χ3v) is 3.98. The first-order valence-corrected chi connectivity index (χ1v) is 7.06. The van der Waals surface area contributed by atoms with E-state index in [4.69, 9.17) is 0 Å². The number of benzene rings is 2. The summed E-state index contributed by atoms with van der Waals surface area (Å²) in [5.41, 5.74) is 3.87. The Morgan fingerprint density at radius 1 is 0.909 bits per heavy atom. The van der Waals surface area contributed by atoms with Crippen LogP contribution in [0.2, 0.25) is 0 Å². The number of hydrogen-bond acceptors (Lipinski definition) is 3. The molecule has 0 aromatic heterocycles. The van der Waals surface area contributed by atoms with E-state index in [0.29, 0.717) is 29.5 Å². The Labute approximate surface area is 128 Å². The Morgan fingerprint density at radius 2 is 1.64 bits per heavy atom. The van der Waals surface area contributed by atoms with E-state index in [9.17, 15) is 15.0 Å². The van der Waals surface area contributed by atoms with Gasteiger partial charge in [0.1, 0.15) is 11.5 Å². The molecule has 22 heavy (non-hydrogen) atoms. The van der Waals surface area contributed by atoms with Gasteiger partial charge in [-0.05, 0) is 53.8 Å². The Morgan fingerprint density at radius 3 is 2.32 bits per heavy atom. The molecule has 1 aliphatic carbocycles. The summed E-state index contributed by atoms with van der Waals surface area (Å²) in [5.74, 6) is 0.0165. The van der Waals surface area contributed by atoms with Crippen LogP contribution in [0.3, 0.4) is 0 Å². The molecule has 0 atom stereocenters. The second-order valence-electron chi connectivity index (χ2n) is 5.33. The highest BCUT2D eigenvalue weighted by molar-refractivity contribution is 6.23. The molecule has 0 saturated heterocycles. The first-order valence-electron chi connectivity index (χ1n) is 7.06. The van der Waals surface area contributed by atoms with Gasteiger partial charge in [0.15, 0.2) is 5.78 Å². The number of rotatable bonds is 4. The summed E-state index contributed by atoms with van der Waals surface area (Å²) in [5, 5.41) is 20.1. The second kappa shape index (κ2) is 5.19. The van der Waals surface area contributed by atoms with Gasteiger partial charge < -0.3 is 10.2 Å². The highest BCUT2D eigenvalue weighted by Crippen LogP contribution is 2.43. The quantitative estimate of drug-likeness (QED) is 0.720. The molecular weight excluding hydrogens is 276 g/mol. The van der Waals surface area contributed by atoms with Gasteiger partial charge in [-0.15, -0.1) is 13.2 Å². The van der Waals surface area contributed by atoms with E-state index < -0.39 is 0 Å². The largest absolute Gasteiger partial charge is 0.508 e. The van der Waals surface area contributed by atoms with Crippen LogP contribution < -0.4 is 0 Å². The molecule has 0 heterocycles. The van der Waals surface area contributed by atoms with Crippen molar-refractivity contribution in [3.8, 4) is 22.6 Å². The van der Waals surface area contributed by atoms with E-state index in [1.807, 2.05) is 6.07 Å². The molecule has 0 spiro atoms. The van der Waals surface area contributed by atoms with E-state index in [-0.39, 0.29) is 17.3 Å². The Bertz CT molecular complexity index is 816. The summed E-state index contributed by atoms with van der Waals surface area (Å²) >= 11 is 0. The molecule has 3 rings (SSSR count). The van der Waals surface area contributed by atoms with Crippen molar-refractivity contribution in [2.75, 3.05) is 0 Å². The van der Waals surface area contributed by atoms with Crippen LogP contribution in [0.1, 0.15) is 27.0 Å². The van der Waals surface area contributed by atoms with Gasteiger partial charge in [0, 0.05) is 16.7 Å². The molecule has 0 radical (unpaired) electrons. The molecule has 0 saturated carbocycles. The van der Waals surface area contributed by atoms with Crippen LogP contribution in [-0.4, -0.2) is 16.0 Å². The molecular formula is C19H16O3. The minimum Gasteiger partial charge on any atom is -0.508 e. The van der Waals surface area contributed by atoms with Crippen LogP contribution >= 0.6 is 0 Å². The minimum atomic E-state index is -0.168. The van der Waals surface area contributed by atoms with Crippen LogP contribution in [0.5, 0.6) is 11.5 Å². The monoisotopic (exact) mass is 292 g/mol. The van der Waals surface area contributed by atoms with Crippen LogP contribution in [0, 0.1) is 0 Å². The standard InChI is InChI=1S/C19H16O3/c1-3-5-11-9-14-12-7-8-16(20)13(6-4-2)18(12)19(22)15(14)10-17(11)21/h3-4,7-10,20-21H,1-2,5-6H2. The van der Waals surface area contributed by atoms with Gasteiger partial charge in [0.25, 0.3) is 0 Å². The van der Waals surface area contributed by atoms with Gasteiger partial charge in [-0.2, -0.15) is 0 Å². The summed E-state index contributed by atoms with van der Waals surface area (Å²) in [4.78, 5) is 12.7. The third-order valence-electron chi connectivity index (χ3n) is 3.98. The van der Waals surface area contributed by atoms with Crippen molar-refractivity contribution >= 4 is 5.78 Å². The van der Waals surface area contributed by atoms with Gasteiger partial charge >= 0.3 is 0 Å². The zero-order valence-corrected chi connectivity index (χ0v) is 12.1. The van der Waals surface area contributed by atoms with Crippen LogP contribution in [0.4, 0.5) is 0 Å². The van der Waals surface area contributed by atoms with E-state index in [1.165, 1.54) is 6.07 Å². The fourth-order valence-corrected chi connectivity index (χ4v) is 2.97. The summed E-state index contributed by atoms with van der Waals surface area (Å²) in [6.45, 7) is 7.35. The lowest BCUT2D eigenvalue weighted by Gasteiger charge is -2.08. The highest BCUT2D eigenvalue weighted by atomic mass is 16.3. The number of ketones is 1. The normalized spacial score (nSPS) is 11.9. The Hall–Kier alpha value is -2.81. The van der Waals surface area contributed by atoms with Crippen molar-refractivity contribution in [2.45, 2.75) is 12.8 Å². The van der Waals surface area contributed by atoms with Crippen LogP contribution in [0.15, 0.2) is 49.6 Å². The van der Waals surface area contributed by atoms with E-state index in [1.54, 1.807) is 24.3 Å². The van der Waals surface area contributed by atoms with Crippen molar-refractivity contribution in [1.82, 2.24) is 0 Å². The predicted octanol–water partition coefficient (Wildman–Crippen LogP) is 3.77. The topological polar surface area (TPSA) is 57.5 Å². The zero-order chi connectivity index (χ0) is 15.9. The molecule has 0 bridgehead atoms. The molecule has 3 heteroatoms. The molecule has 0 unspecified atom stereocenters. The summed E-state index contributed by atoms with van der Waals surface area (Å²) in [6.07, 6.45) is 4.31. The van der Waals surface area contributed by atoms with Gasteiger partial charge in [0.05, 0.1) is 0 Å². The number of fused-ring (bicyclic) bond motifs is 3. The average Bonchev–Trinajstić information content (AvgIpc) is 2.76.